The average Bonchev–Trinajstić information content (AvgIpc) is 2.74. The molecule has 30 heavy (non-hydrogen) atoms. The zero-order chi connectivity index (χ0) is 21.7. The minimum Gasteiger partial charge on any atom is -0.491 e. The number of pyridine rings is 1. The van der Waals surface area contributed by atoms with E-state index in [1.807, 2.05) is 38.1 Å². The Bertz CT molecular complexity index is 1060. The van der Waals surface area contributed by atoms with E-state index in [0.717, 1.165) is 11.4 Å². The third-order valence-electron chi connectivity index (χ3n) is 4.28. The van der Waals surface area contributed by atoms with Crippen LogP contribution in [0.4, 0.5) is 11.4 Å². The van der Waals surface area contributed by atoms with E-state index in [1.54, 1.807) is 25.1 Å². The summed E-state index contributed by atoms with van der Waals surface area (Å²) in [5.41, 5.74) is 2.50. The molecule has 0 aliphatic heterocycles. The van der Waals surface area contributed by atoms with Crippen LogP contribution in [0.15, 0.2) is 48.7 Å². The second kappa shape index (κ2) is 9.26. The number of carbonyl (C=O) groups is 2. The van der Waals surface area contributed by atoms with Crippen molar-refractivity contribution in [2.24, 2.45) is 0 Å². The molecule has 2 aromatic carbocycles. The van der Waals surface area contributed by atoms with E-state index in [2.05, 4.69) is 10.3 Å². The molecule has 1 N–H and O–H groups in total. The number of hydrogen-bond acceptors (Lipinski definition) is 7. The molecule has 0 radical (unpaired) electrons. The maximum Gasteiger partial charge on any atom is 0.341 e. The molecule has 1 heterocycles. The Labute approximate surface area is 175 Å². The SMILES string of the molecule is CCOC(=O)c1cnc2ccc(C(=O)OC)cc2c1Nc1ccc(OC(C)C)cc1. The van der Waals surface area contributed by atoms with Crippen molar-refractivity contribution in [3.8, 4) is 5.75 Å². The fourth-order valence-electron chi connectivity index (χ4n) is 2.97. The number of fused-ring (bicyclic) bond motifs is 1. The molecule has 156 valence electrons. The van der Waals surface area contributed by atoms with Crippen LogP contribution < -0.4 is 10.1 Å². The third-order valence-corrected chi connectivity index (χ3v) is 4.28. The van der Waals surface area contributed by atoms with Gasteiger partial charge in [-0.25, -0.2) is 9.59 Å². The van der Waals surface area contributed by atoms with E-state index in [1.165, 1.54) is 13.3 Å². The molecule has 0 aliphatic carbocycles. The van der Waals surface area contributed by atoms with Gasteiger partial charge in [-0.05, 0) is 63.2 Å². The topological polar surface area (TPSA) is 86.8 Å². The molecule has 1 aromatic heterocycles. The van der Waals surface area contributed by atoms with Crippen LogP contribution in [0.1, 0.15) is 41.5 Å². The smallest absolute Gasteiger partial charge is 0.341 e. The number of esters is 2. The third kappa shape index (κ3) is 4.68. The number of nitrogens with one attached hydrogen (secondary N) is 1. The molecular formula is C23H24N2O5. The molecule has 0 aliphatic rings. The fraction of sp³-hybridized carbons (Fsp3) is 0.261. The van der Waals surface area contributed by atoms with Crippen molar-refractivity contribution >= 4 is 34.2 Å². The minimum atomic E-state index is -0.502. The first-order valence-corrected chi connectivity index (χ1v) is 9.64. The summed E-state index contributed by atoms with van der Waals surface area (Å²) in [6, 6.07) is 12.4. The van der Waals surface area contributed by atoms with E-state index in [9.17, 15) is 9.59 Å². The summed E-state index contributed by atoms with van der Waals surface area (Å²) in [6.45, 7) is 5.89. The summed E-state index contributed by atoms with van der Waals surface area (Å²) in [5.74, 6) is -0.231. The van der Waals surface area contributed by atoms with Crippen LogP contribution in [-0.4, -0.2) is 36.7 Å². The van der Waals surface area contributed by atoms with Crippen molar-refractivity contribution in [3.63, 3.8) is 0 Å². The molecule has 0 saturated heterocycles. The first-order valence-electron chi connectivity index (χ1n) is 9.64. The van der Waals surface area contributed by atoms with Gasteiger partial charge in [0.15, 0.2) is 0 Å². The van der Waals surface area contributed by atoms with Crippen LogP contribution in [0.25, 0.3) is 10.9 Å². The van der Waals surface area contributed by atoms with Crippen LogP contribution >= 0.6 is 0 Å². The first-order chi connectivity index (χ1) is 14.4. The summed E-state index contributed by atoms with van der Waals surface area (Å²) in [7, 11) is 1.32. The molecule has 0 spiro atoms. The zero-order valence-electron chi connectivity index (χ0n) is 17.4. The molecular weight excluding hydrogens is 384 g/mol. The number of anilines is 2. The molecule has 7 nitrogen and oxygen atoms in total. The van der Waals surface area contributed by atoms with Crippen molar-refractivity contribution in [3.05, 3.63) is 59.8 Å². The number of methoxy groups -OCH3 is 1. The Kier molecular flexibility index (Phi) is 6.51. The Morgan fingerprint density at radius 2 is 1.80 bits per heavy atom. The van der Waals surface area contributed by atoms with Gasteiger partial charge >= 0.3 is 11.9 Å². The molecule has 0 saturated carbocycles. The lowest BCUT2D eigenvalue weighted by molar-refractivity contribution is 0.0526. The highest BCUT2D eigenvalue weighted by Crippen LogP contribution is 2.31. The summed E-state index contributed by atoms with van der Waals surface area (Å²) >= 11 is 0. The normalized spacial score (nSPS) is 10.7. The van der Waals surface area contributed by atoms with Gasteiger partial charge in [0.05, 0.1) is 36.6 Å². The Balaban J connectivity index is 2.09. The van der Waals surface area contributed by atoms with E-state index in [-0.39, 0.29) is 18.3 Å². The van der Waals surface area contributed by atoms with Gasteiger partial charge in [-0.3, -0.25) is 4.98 Å². The predicted molar refractivity (Wildman–Crippen MR) is 115 cm³/mol. The Morgan fingerprint density at radius 3 is 2.43 bits per heavy atom. The minimum absolute atomic E-state index is 0.0695. The van der Waals surface area contributed by atoms with E-state index in [4.69, 9.17) is 14.2 Å². The lowest BCUT2D eigenvalue weighted by atomic mass is 10.1. The van der Waals surface area contributed by atoms with Crippen molar-refractivity contribution in [2.45, 2.75) is 26.9 Å². The summed E-state index contributed by atoms with van der Waals surface area (Å²) in [5, 5.41) is 3.87. The van der Waals surface area contributed by atoms with E-state index >= 15 is 0 Å². The zero-order valence-corrected chi connectivity index (χ0v) is 17.4. The molecule has 3 aromatic rings. The van der Waals surface area contributed by atoms with Crippen molar-refractivity contribution < 1.29 is 23.8 Å². The van der Waals surface area contributed by atoms with Crippen LogP contribution in [0.3, 0.4) is 0 Å². The maximum atomic E-state index is 12.5. The van der Waals surface area contributed by atoms with E-state index in [0.29, 0.717) is 22.2 Å². The second-order valence-electron chi connectivity index (χ2n) is 6.81. The first kappa shape index (κ1) is 21.1. The quantitative estimate of drug-likeness (QED) is 0.566. The van der Waals surface area contributed by atoms with Crippen LogP contribution in [-0.2, 0) is 9.47 Å². The van der Waals surface area contributed by atoms with Gasteiger partial charge in [0.25, 0.3) is 0 Å². The summed E-state index contributed by atoms with van der Waals surface area (Å²) < 4.78 is 15.7. The van der Waals surface area contributed by atoms with Crippen molar-refractivity contribution in [2.75, 3.05) is 19.0 Å². The van der Waals surface area contributed by atoms with Gasteiger partial charge < -0.3 is 19.5 Å². The van der Waals surface area contributed by atoms with Gasteiger partial charge in [-0.2, -0.15) is 0 Å². The Hall–Kier alpha value is -3.61. The highest BCUT2D eigenvalue weighted by atomic mass is 16.5. The Morgan fingerprint density at radius 1 is 1.07 bits per heavy atom. The maximum absolute atomic E-state index is 12.5. The molecule has 0 amide bonds. The van der Waals surface area contributed by atoms with E-state index < -0.39 is 11.9 Å². The van der Waals surface area contributed by atoms with Crippen LogP contribution in [0.5, 0.6) is 5.75 Å². The standard InChI is InChI=1S/C23H24N2O5/c1-5-29-23(27)19-13-24-20-11-6-15(22(26)28-4)12-18(20)21(19)25-16-7-9-17(10-8-16)30-14(2)3/h6-14H,5H2,1-4H3,(H,24,25). The highest BCUT2D eigenvalue weighted by molar-refractivity contribution is 6.07. The van der Waals surface area contributed by atoms with Gasteiger partial charge in [0, 0.05) is 17.3 Å². The molecule has 0 fully saturated rings. The molecule has 3 rings (SSSR count). The fourth-order valence-corrected chi connectivity index (χ4v) is 2.97. The monoisotopic (exact) mass is 408 g/mol. The van der Waals surface area contributed by atoms with Crippen LogP contribution in [0.2, 0.25) is 0 Å². The van der Waals surface area contributed by atoms with Gasteiger partial charge in [-0.1, -0.05) is 0 Å². The van der Waals surface area contributed by atoms with Gasteiger partial charge in [0.1, 0.15) is 11.3 Å². The van der Waals surface area contributed by atoms with Crippen molar-refractivity contribution in [1.29, 1.82) is 0 Å². The molecule has 0 bridgehead atoms. The molecule has 0 atom stereocenters. The molecule has 7 heteroatoms. The van der Waals surface area contributed by atoms with Gasteiger partial charge in [-0.15, -0.1) is 0 Å². The lowest BCUT2D eigenvalue weighted by Crippen LogP contribution is -2.10. The van der Waals surface area contributed by atoms with Crippen molar-refractivity contribution in [1.82, 2.24) is 4.98 Å². The number of hydrogen-bond donors (Lipinski definition) is 1. The van der Waals surface area contributed by atoms with Crippen LogP contribution in [0, 0.1) is 0 Å². The molecule has 0 unspecified atom stereocenters. The highest BCUT2D eigenvalue weighted by Gasteiger charge is 2.18. The predicted octanol–water partition coefficient (Wildman–Crippen LogP) is 4.73. The summed E-state index contributed by atoms with van der Waals surface area (Å²) in [4.78, 5) is 28.9. The second-order valence-corrected chi connectivity index (χ2v) is 6.81. The number of benzene rings is 2. The largest absolute Gasteiger partial charge is 0.491 e. The number of nitrogens with zero attached hydrogens (tertiary/aromatic N) is 1. The summed E-state index contributed by atoms with van der Waals surface area (Å²) in [6.07, 6.45) is 1.54. The van der Waals surface area contributed by atoms with Gasteiger partial charge in [0.2, 0.25) is 0 Å². The number of ether oxygens (including phenoxy) is 3. The number of rotatable bonds is 7. The average molecular weight is 408 g/mol. The number of carbonyl (C=O) groups excluding carboxylic acids is 2. The number of aromatic nitrogens is 1. The lowest BCUT2D eigenvalue weighted by Gasteiger charge is -2.15.